The average molecular weight is 640 g/mol. The molecule has 0 aliphatic heterocycles. The van der Waals surface area contributed by atoms with Gasteiger partial charge in [0.2, 0.25) is 0 Å². The van der Waals surface area contributed by atoms with E-state index < -0.39 is 0 Å². The zero-order chi connectivity index (χ0) is 29.7. The van der Waals surface area contributed by atoms with Gasteiger partial charge >= 0.3 is 263 Å². The molecule has 2 aromatic heterocycles. The summed E-state index contributed by atoms with van der Waals surface area (Å²) in [6.07, 6.45) is 0. The van der Waals surface area contributed by atoms with E-state index in [0.717, 1.165) is 11.4 Å². The molecule has 9 aromatic rings. The molecule has 0 N–H and O–H groups in total. The molecule has 0 radical (unpaired) electrons. The van der Waals surface area contributed by atoms with Gasteiger partial charge in [0.15, 0.2) is 0 Å². The first-order valence-electron chi connectivity index (χ1n) is 15.3. The topological polar surface area (TPSA) is 8.17 Å². The van der Waals surface area contributed by atoms with Gasteiger partial charge in [-0.1, -0.05) is 6.07 Å². The van der Waals surface area contributed by atoms with Crippen molar-refractivity contribution < 1.29 is 0 Å². The number of benzene rings is 7. The van der Waals surface area contributed by atoms with Crippen molar-refractivity contribution in [3.63, 3.8) is 0 Å². The maximum atomic E-state index is 2.45. The van der Waals surface area contributed by atoms with Gasteiger partial charge < -0.3 is 0 Å². The fourth-order valence-corrected chi connectivity index (χ4v) is 9.16. The van der Waals surface area contributed by atoms with Gasteiger partial charge in [-0.25, -0.2) is 0 Å². The predicted molar refractivity (Wildman–Crippen MR) is 193 cm³/mol. The van der Waals surface area contributed by atoms with Crippen molar-refractivity contribution in [1.29, 1.82) is 0 Å². The van der Waals surface area contributed by atoms with E-state index in [1.54, 1.807) is 0 Å². The molecular formula is C42H28N2Se. The van der Waals surface area contributed by atoms with E-state index in [1.165, 1.54) is 63.6 Å². The number of hydrogen-bond donors (Lipinski definition) is 0. The first-order valence-corrected chi connectivity index (χ1v) is 17.0. The number of fused-ring (bicyclic) bond motifs is 6. The number of aromatic nitrogens is 1. The van der Waals surface area contributed by atoms with Crippen LogP contribution >= 0.6 is 0 Å². The van der Waals surface area contributed by atoms with Crippen LogP contribution in [0, 0.1) is 0 Å². The fraction of sp³-hybridized carbons (Fsp3) is 0. The van der Waals surface area contributed by atoms with Crippen molar-refractivity contribution in [2.45, 2.75) is 0 Å². The molecule has 7 aromatic carbocycles. The zero-order valence-corrected chi connectivity index (χ0v) is 26.2. The third kappa shape index (κ3) is 4.32. The quantitative estimate of drug-likeness (QED) is 0.170. The summed E-state index contributed by atoms with van der Waals surface area (Å²) in [6, 6.07) is 61.8. The second-order valence-electron chi connectivity index (χ2n) is 11.4. The first-order chi connectivity index (χ1) is 22.3. The summed E-state index contributed by atoms with van der Waals surface area (Å²) in [7, 11) is 0. The summed E-state index contributed by atoms with van der Waals surface area (Å²) in [5.41, 5.74) is 9.49. The second-order valence-corrected chi connectivity index (χ2v) is 13.7. The van der Waals surface area contributed by atoms with E-state index >= 15 is 0 Å². The fourth-order valence-electron chi connectivity index (χ4n) is 6.77. The SMILES string of the molecule is c1ccc(-c2ccccc2N(c2ccc3c(c2)[se]c2ccccc23)c2ccc3c(c2)c2ccccc2n3-c2ccccc2)cc1. The van der Waals surface area contributed by atoms with Gasteiger partial charge in [0, 0.05) is 0 Å². The molecule has 0 fully saturated rings. The van der Waals surface area contributed by atoms with Crippen molar-refractivity contribution in [3.05, 3.63) is 170 Å². The summed E-state index contributed by atoms with van der Waals surface area (Å²) in [5.74, 6) is 0. The van der Waals surface area contributed by atoms with Crippen LogP contribution in [0.4, 0.5) is 17.1 Å². The molecule has 0 amide bonds. The third-order valence-corrected chi connectivity index (χ3v) is 11.2. The summed E-state index contributed by atoms with van der Waals surface area (Å²) in [4.78, 5) is 2.45. The van der Waals surface area contributed by atoms with Crippen molar-refractivity contribution in [1.82, 2.24) is 4.57 Å². The van der Waals surface area contributed by atoms with Crippen molar-refractivity contribution in [2.75, 3.05) is 4.90 Å². The minimum atomic E-state index is 0.277. The van der Waals surface area contributed by atoms with E-state index in [2.05, 4.69) is 179 Å². The Labute approximate surface area is 267 Å². The predicted octanol–water partition coefficient (Wildman–Crippen LogP) is 11.3. The molecule has 9 rings (SSSR count). The van der Waals surface area contributed by atoms with Gasteiger partial charge in [-0.15, -0.1) is 0 Å². The summed E-state index contributed by atoms with van der Waals surface area (Å²) in [5, 5.41) is 5.24. The molecule has 2 heterocycles. The molecule has 212 valence electrons. The van der Waals surface area contributed by atoms with E-state index in [4.69, 9.17) is 0 Å². The van der Waals surface area contributed by atoms with Gasteiger partial charge in [-0.2, -0.15) is 0 Å². The van der Waals surface area contributed by atoms with Crippen LogP contribution in [0.1, 0.15) is 0 Å². The van der Waals surface area contributed by atoms with Gasteiger partial charge in [-0.05, 0) is 0 Å². The first kappa shape index (κ1) is 26.1. The Balaban J connectivity index is 1.32. The van der Waals surface area contributed by atoms with Gasteiger partial charge in [-0.3, -0.25) is 0 Å². The van der Waals surface area contributed by atoms with Crippen molar-refractivity contribution in [2.24, 2.45) is 0 Å². The molecule has 2 nitrogen and oxygen atoms in total. The van der Waals surface area contributed by atoms with Crippen LogP contribution in [-0.2, 0) is 0 Å². The van der Waals surface area contributed by atoms with E-state index in [0.29, 0.717) is 0 Å². The average Bonchev–Trinajstić information content (AvgIpc) is 3.64. The Bertz CT molecular complexity index is 2490. The molecule has 0 saturated heterocycles. The summed E-state index contributed by atoms with van der Waals surface area (Å²) >= 11 is 0.277. The van der Waals surface area contributed by atoms with Gasteiger partial charge in [0.05, 0.1) is 0 Å². The van der Waals surface area contributed by atoms with Crippen LogP contribution in [-0.4, -0.2) is 19.1 Å². The van der Waals surface area contributed by atoms with Crippen molar-refractivity contribution >= 4 is 72.7 Å². The number of hydrogen-bond acceptors (Lipinski definition) is 1. The Morgan fingerprint density at radius 3 is 1.91 bits per heavy atom. The Hall–Kier alpha value is -5.34. The maximum absolute atomic E-state index is 2.45. The van der Waals surface area contributed by atoms with Crippen LogP contribution in [0.2, 0.25) is 0 Å². The molecule has 0 unspecified atom stereocenters. The molecule has 0 spiro atoms. The summed E-state index contributed by atoms with van der Waals surface area (Å²) < 4.78 is 5.28. The van der Waals surface area contributed by atoms with Crippen LogP contribution in [0.3, 0.4) is 0 Å². The van der Waals surface area contributed by atoms with Crippen LogP contribution in [0.15, 0.2) is 170 Å². The molecule has 0 atom stereocenters. The minimum absolute atomic E-state index is 0.277. The molecule has 0 bridgehead atoms. The second kappa shape index (κ2) is 10.7. The zero-order valence-electron chi connectivity index (χ0n) is 24.5. The molecular weight excluding hydrogens is 611 g/mol. The van der Waals surface area contributed by atoms with Crippen LogP contribution in [0.25, 0.3) is 57.9 Å². The Kier molecular flexibility index (Phi) is 6.19. The molecule has 0 saturated carbocycles. The third-order valence-electron chi connectivity index (χ3n) is 8.78. The van der Waals surface area contributed by atoms with E-state index in [-0.39, 0.29) is 14.5 Å². The van der Waals surface area contributed by atoms with Gasteiger partial charge in [0.1, 0.15) is 0 Å². The standard InChI is InChI=1S/C42H28N2Se/c1-3-13-29(14-4-1)33-17-7-10-20-38(33)43(32-23-25-36-35-19-9-12-22-41(35)45-42(36)28-32)31-24-26-40-37(27-31)34-18-8-11-21-39(34)44(40)30-15-5-2-6-16-30/h1-28H. The Morgan fingerprint density at radius 2 is 1.04 bits per heavy atom. The summed E-state index contributed by atoms with van der Waals surface area (Å²) in [6.45, 7) is 0. The molecule has 3 heteroatoms. The molecule has 45 heavy (non-hydrogen) atoms. The number of rotatable bonds is 5. The van der Waals surface area contributed by atoms with Crippen LogP contribution < -0.4 is 4.90 Å². The van der Waals surface area contributed by atoms with Crippen molar-refractivity contribution in [3.8, 4) is 16.8 Å². The number of para-hydroxylation sites is 3. The van der Waals surface area contributed by atoms with Gasteiger partial charge in [0.25, 0.3) is 0 Å². The molecule has 0 aliphatic rings. The Morgan fingerprint density at radius 1 is 0.422 bits per heavy atom. The van der Waals surface area contributed by atoms with E-state index in [9.17, 15) is 0 Å². The monoisotopic (exact) mass is 640 g/mol. The number of nitrogens with zero attached hydrogens (tertiary/aromatic N) is 2. The normalized spacial score (nSPS) is 11.6. The van der Waals surface area contributed by atoms with E-state index in [1.807, 2.05) is 0 Å². The number of anilines is 3. The molecule has 0 aliphatic carbocycles. The van der Waals surface area contributed by atoms with Crippen LogP contribution in [0.5, 0.6) is 0 Å².